The first-order valence-corrected chi connectivity index (χ1v) is 6.70. The van der Waals surface area contributed by atoms with Crippen LogP contribution < -0.4 is 21.7 Å². The number of fused-ring (bicyclic) bond motifs is 1. The highest BCUT2D eigenvalue weighted by Gasteiger charge is 2.24. The van der Waals surface area contributed by atoms with Crippen LogP contribution in [-0.4, -0.2) is 16.4 Å². The van der Waals surface area contributed by atoms with Crippen LogP contribution in [0.1, 0.15) is 29.2 Å². The summed E-state index contributed by atoms with van der Waals surface area (Å²) in [6.07, 6.45) is 3.82. The number of benzene rings is 1. The number of hydrogen-bond donors (Lipinski definition) is 3. The van der Waals surface area contributed by atoms with E-state index in [4.69, 9.17) is 16.3 Å². The lowest BCUT2D eigenvalue weighted by Gasteiger charge is -2.24. The molecule has 0 aliphatic carbocycles. The average Bonchev–Trinajstić information content (AvgIpc) is 2.81. The van der Waals surface area contributed by atoms with E-state index in [0.717, 1.165) is 36.3 Å². The van der Waals surface area contributed by atoms with E-state index in [1.807, 2.05) is 19.2 Å². The molecule has 1 unspecified atom stereocenters. The van der Waals surface area contributed by atoms with E-state index in [2.05, 4.69) is 16.6 Å². The highest BCUT2D eigenvalue weighted by atomic mass is 16.5. The number of nitrogens with one attached hydrogen (secondary N) is 1. The molecule has 6 heteroatoms. The number of nitrogens with two attached hydrogens (primary N) is 2. The minimum Gasteiger partial charge on any atom is -0.493 e. The molecule has 0 bridgehead atoms. The minimum absolute atomic E-state index is 0.225. The summed E-state index contributed by atoms with van der Waals surface area (Å²) >= 11 is 0. The van der Waals surface area contributed by atoms with E-state index >= 15 is 0 Å². The molecule has 0 amide bonds. The monoisotopic (exact) mass is 273 g/mol. The predicted octanol–water partition coefficient (Wildman–Crippen LogP) is 0.880. The molecule has 0 saturated carbocycles. The third kappa shape index (κ3) is 2.03. The molecule has 6 nitrogen and oxygen atoms in total. The lowest BCUT2D eigenvalue weighted by Crippen LogP contribution is -2.30. The topological polar surface area (TPSA) is 91.1 Å². The number of aryl methyl sites for hydroxylation is 2. The number of hydrazine groups is 1. The lowest BCUT2D eigenvalue weighted by molar-refractivity contribution is 0.283. The van der Waals surface area contributed by atoms with Crippen molar-refractivity contribution in [1.82, 2.24) is 15.2 Å². The number of anilines is 1. The van der Waals surface area contributed by atoms with Crippen LogP contribution in [0.3, 0.4) is 0 Å². The summed E-state index contributed by atoms with van der Waals surface area (Å²) in [4.78, 5) is 0. The molecule has 0 radical (unpaired) electrons. The second-order valence-electron chi connectivity index (χ2n) is 5.00. The number of para-hydroxylation sites is 1. The van der Waals surface area contributed by atoms with Crippen molar-refractivity contribution in [3.8, 4) is 5.75 Å². The summed E-state index contributed by atoms with van der Waals surface area (Å²) in [5.41, 5.74) is 12.0. The van der Waals surface area contributed by atoms with Gasteiger partial charge in [0.15, 0.2) is 0 Å². The van der Waals surface area contributed by atoms with Crippen LogP contribution in [0.15, 0.2) is 24.4 Å². The van der Waals surface area contributed by atoms with Crippen molar-refractivity contribution in [2.24, 2.45) is 12.9 Å². The molecule has 3 rings (SSSR count). The maximum Gasteiger partial charge on any atom is 0.127 e. The Balaban J connectivity index is 2.08. The van der Waals surface area contributed by atoms with Crippen LogP contribution in [0.5, 0.6) is 5.75 Å². The number of hydrogen-bond acceptors (Lipinski definition) is 5. The second-order valence-corrected chi connectivity index (χ2v) is 5.00. The highest BCUT2D eigenvalue weighted by molar-refractivity contribution is 5.52. The van der Waals surface area contributed by atoms with E-state index in [-0.39, 0.29) is 6.04 Å². The maximum atomic E-state index is 6.06. The Morgan fingerprint density at radius 3 is 2.95 bits per heavy atom. The number of nitrogens with zero attached hydrogens (tertiary/aromatic N) is 2. The number of rotatable bonds is 3. The molecule has 1 atom stereocenters. The van der Waals surface area contributed by atoms with Crippen LogP contribution >= 0.6 is 0 Å². The Bertz CT molecular complexity index is 622. The summed E-state index contributed by atoms with van der Waals surface area (Å²) in [6.45, 7) is 0.740. The fourth-order valence-corrected chi connectivity index (χ4v) is 2.68. The molecule has 0 fully saturated rings. The number of aromatic nitrogens is 2. The van der Waals surface area contributed by atoms with Crippen LogP contribution in [-0.2, 0) is 13.5 Å². The summed E-state index contributed by atoms with van der Waals surface area (Å²) in [5, 5.41) is 4.18. The van der Waals surface area contributed by atoms with Gasteiger partial charge in [-0.25, -0.2) is 5.43 Å². The average molecular weight is 273 g/mol. The molecule has 1 aliphatic rings. The first-order valence-electron chi connectivity index (χ1n) is 6.70. The van der Waals surface area contributed by atoms with Gasteiger partial charge in [0.1, 0.15) is 11.6 Å². The zero-order valence-electron chi connectivity index (χ0n) is 11.5. The molecule has 1 aliphatic heterocycles. The van der Waals surface area contributed by atoms with Gasteiger partial charge in [-0.2, -0.15) is 5.10 Å². The predicted molar refractivity (Wildman–Crippen MR) is 77.0 cm³/mol. The largest absolute Gasteiger partial charge is 0.493 e. The number of ether oxygens (including phenoxy) is 1. The molecule has 1 aromatic heterocycles. The van der Waals surface area contributed by atoms with Gasteiger partial charge in [-0.15, -0.1) is 0 Å². The first kappa shape index (κ1) is 13.0. The Labute approximate surface area is 117 Å². The van der Waals surface area contributed by atoms with E-state index in [1.54, 1.807) is 10.9 Å². The normalized spacial score (nSPS) is 15.5. The molecule has 1 aromatic carbocycles. The van der Waals surface area contributed by atoms with Gasteiger partial charge >= 0.3 is 0 Å². The van der Waals surface area contributed by atoms with Crippen LogP contribution in [0.4, 0.5) is 5.82 Å². The molecule has 2 aromatic rings. The van der Waals surface area contributed by atoms with Crippen molar-refractivity contribution in [1.29, 1.82) is 0 Å². The molecule has 0 spiro atoms. The van der Waals surface area contributed by atoms with E-state index in [0.29, 0.717) is 5.82 Å². The summed E-state index contributed by atoms with van der Waals surface area (Å²) in [7, 11) is 1.81. The maximum absolute atomic E-state index is 6.06. The Hall–Kier alpha value is -2.05. The van der Waals surface area contributed by atoms with Gasteiger partial charge in [0, 0.05) is 18.2 Å². The third-order valence-electron chi connectivity index (χ3n) is 3.77. The number of nitrogen functional groups attached to an aromatic ring is 1. The fraction of sp³-hybridized carbons (Fsp3) is 0.357. The van der Waals surface area contributed by atoms with E-state index < -0.39 is 0 Å². The Kier molecular flexibility index (Phi) is 3.33. The van der Waals surface area contributed by atoms with Crippen LogP contribution in [0.2, 0.25) is 0 Å². The fourth-order valence-electron chi connectivity index (χ4n) is 2.68. The highest BCUT2D eigenvalue weighted by Crippen LogP contribution is 2.36. The molecule has 20 heavy (non-hydrogen) atoms. The molecular weight excluding hydrogens is 254 g/mol. The van der Waals surface area contributed by atoms with Gasteiger partial charge in [-0.05, 0) is 18.4 Å². The summed E-state index contributed by atoms with van der Waals surface area (Å²) < 4.78 is 7.48. The Morgan fingerprint density at radius 2 is 2.25 bits per heavy atom. The quantitative estimate of drug-likeness (QED) is 0.570. The van der Waals surface area contributed by atoms with Gasteiger partial charge in [-0.1, -0.05) is 18.2 Å². The standard InChI is InChI=1S/C14H19N5O/c1-19-14(15)11(8-17-19)12(18-16)10-6-2-4-9-5-3-7-20-13(9)10/h2,4,6,8,12,18H,3,5,7,15-16H2,1H3. The molecule has 2 heterocycles. The van der Waals surface area contributed by atoms with Gasteiger partial charge < -0.3 is 10.5 Å². The summed E-state index contributed by atoms with van der Waals surface area (Å²) in [5.74, 6) is 7.27. The molecule has 5 N–H and O–H groups in total. The third-order valence-corrected chi connectivity index (χ3v) is 3.77. The minimum atomic E-state index is -0.225. The van der Waals surface area contributed by atoms with Crippen molar-refractivity contribution in [3.05, 3.63) is 41.1 Å². The lowest BCUT2D eigenvalue weighted by atomic mass is 9.95. The summed E-state index contributed by atoms with van der Waals surface area (Å²) in [6, 6.07) is 5.91. The molecular formula is C14H19N5O. The van der Waals surface area contributed by atoms with Crippen LogP contribution in [0.25, 0.3) is 0 Å². The smallest absolute Gasteiger partial charge is 0.127 e. The van der Waals surface area contributed by atoms with Crippen molar-refractivity contribution in [3.63, 3.8) is 0 Å². The van der Waals surface area contributed by atoms with Gasteiger partial charge in [0.05, 0.1) is 18.8 Å². The van der Waals surface area contributed by atoms with E-state index in [1.165, 1.54) is 5.56 Å². The van der Waals surface area contributed by atoms with Gasteiger partial charge in [0.25, 0.3) is 0 Å². The van der Waals surface area contributed by atoms with Crippen molar-refractivity contribution in [2.45, 2.75) is 18.9 Å². The zero-order valence-corrected chi connectivity index (χ0v) is 11.5. The van der Waals surface area contributed by atoms with Gasteiger partial charge in [0.2, 0.25) is 0 Å². The zero-order chi connectivity index (χ0) is 14.1. The molecule has 0 saturated heterocycles. The van der Waals surface area contributed by atoms with Crippen molar-refractivity contribution in [2.75, 3.05) is 12.3 Å². The second kappa shape index (κ2) is 5.15. The van der Waals surface area contributed by atoms with E-state index in [9.17, 15) is 0 Å². The van der Waals surface area contributed by atoms with Crippen LogP contribution in [0, 0.1) is 0 Å². The van der Waals surface area contributed by atoms with Crippen molar-refractivity contribution >= 4 is 5.82 Å². The van der Waals surface area contributed by atoms with Crippen molar-refractivity contribution < 1.29 is 4.74 Å². The molecule has 106 valence electrons. The SMILES string of the molecule is Cn1ncc(C(NN)c2cccc3c2OCCC3)c1N. The van der Waals surface area contributed by atoms with Gasteiger partial charge in [-0.3, -0.25) is 10.5 Å². The first-order chi connectivity index (χ1) is 9.72. The Morgan fingerprint density at radius 1 is 1.40 bits per heavy atom.